The van der Waals surface area contributed by atoms with Crippen LogP contribution in [0.1, 0.15) is 11.7 Å². The van der Waals surface area contributed by atoms with E-state index in [1.165, 1.54) is 6.20 Å². The molecule has 0 radical (unpaired) electrons. The quantitative estimate of drug-likeness (QED) is 0.732. The molecule has 1 aliphatic rings. The molecule has 2 aromatic heterocycles. The van der Waals surface area contributed by atoms with Crippen molar-refractivity contribution in [3.63, 3.8) is 0 Å². The van der Waals surface area contributed by atoms with Crippen molar-refractivity contribution in [3.05, 3.63) is 54.6 Å². The zero-order chi connectivity index (χ0) is 15.6. The Morgan fingerprint density at radius 3 is 2.65 bits per heavy atom. The van der Waals surface area contributed by atoms with Crippen LogP contribution in [0.3, 0.4) is 0 Å². The third-order valence-corrected chi connectivity index (χ3v) is 3.90. The molecule has 0 N–H and O–H groups in total. The van der Waals surface area contributed by atoms with E-state index < -0.39 is 0 Å². The largest absolute Gasteiger partial charge is 0.350 e. The lowest BCUT2D eigenvalue weighted by Crippen LogP contribution is -2.48. The first-order valence-corrected chi connectivity index (χ1v) is 7.28. The molecule has 0 aliphatic carbocycles. The Morgan fingerprint density at radius 1 is 1.09 bits per heavy atom. The number of aromatic nitrogens is 5. The Hall–Kier alpha value is -3.27. The van der Waals surface area contributed by atoms with Gasteiger partial charge in [0.15, 0.2) is 11.5 Å². The molecule has 1 aromatic carbocycles. The van der Waals surface area contributed by atoms with E-state index in [9.17, 15) is 0 Å². The zero-order valence-electron chi connectivity index (χ0n) is 12.2. The molecule has 0 spiro atoms. The Morgan fingerprint density at radius 2 is 1.87 bits per heavy atom. The molecular weight excluding hydrogens is 290 g/mol. The van der Waals surface area contributed by atoms with Gasteiger partial charge in [0, 0.05) is 31.0 Å². The van der Waals surface area contributed by atoms with Gasteiger partial charge in [-0.3, -0.25) is 0 Å². The van der Waals surface area contributed by atoms with Crippen LogP contribution in [0.4, 0.5) is 5.82 Å². The summed E-state index contributed by atoms with van der Waals surface area (Å²) in [6, 6.07) is 12.3. The second-order valence-corrected chi connectivity index (χ2v) is 5.35. The van der Waals surface area contributed by atoms with E-state index in [1.54, 1.807) is 6.20 Å². The summed E-state index contributed by atoms with van der Waals surface area (Å²) in [5.41, 5.74) is 2.27. The Balaban J connectivity index is 1.49. The zero-order valence-corrected chi connectivity index (χ0v) is 12.2. The Kier molecular flexibility index (Phi) is 3.20. The molecule has 1 fully saturated rings. The molecular formula is C16H13N7. The predicted molar refractivity (Wildman–Crippen MR) is 83.5 cm³/mol. The molecule has 23 heavy (non-hydrogen) atoms. The van der Waals surface area contributed by atoms with Crippen molar-refractivity contribution in [1.82, 2.24) is 25.0 Å². The first-order chi connectivity index (χ1) is 11.3. The lowest BCUT2D eigenvalue weighted by atomic mass is 10.1. The minimum absolute atomic E-state index is 0.230. The van der Waals surface area contributed by atoms with Gasteiger partial charge in [0.25, 0.3) is 0 Å². The molecule has 3 heterocycles. The van der Waals surface area contributed by atoms with E-state index >= 15 is 0 Å². The highest BCUT2D eigenvalue weighted by Crippen LogP contribution is 2.28. The number of rotatable bonds is 3. The van der Waals surface area contributed by atoms with Crippen molar-refractivity contribution in [1.29, 1.82) is 5.26 Å². The highest BCUT2D eigenvalue weighted by atomic mass is 15.5. The molecule has 7 nitrogen and oxygen atoms in total. The summed E-state index contributed by atoms with van der Waals surface area (Å²) in [7, 11) is 0. The molecule has 0 atom stereocenters. The van der Waals surface area contributed by atoms with Crippen molar-refractivity contribution in [2.24, 2.45) is 0 Å². The van der Waals surface area contributed by atoms with Crippen LogP contribution in [0.25, 0.3) is 11.3 Å². The second kappa shape index (κ2) is 5.50. The van der Waals surface area contributed by atoms with E-state index in [-0.39, 0.29) is 6.04 Å². The number of nitriles is 1. The molecule has 1 saturated heterocycles. The molecule has 4 rings (SSSR count). The van der Waals surface area contributed by atoms with E-state index in [2.05, 4.69) is 26.3 Å². The van der Waals surface area contributed by atoms with Crippen LogP contribution in [-0.2, 0) is 0 Å². The fourth-order valence-electron chi connectivity index (χ4n) is 2.63. The summed E-state index contributed by atoms with van der Waals surface area (Å²) in [5, 5.41) is 17.6. The highest BCUT2D eigenvalue weighted by molar-refractivity contribution is 5.57. The van der Waals surface area contributed by atoms with Crippen LogP contribution < -0.4 is 4.90 Å². The number of hydrogen-bond acceptors (Lipinski definition) is 6. The van der Waals surface area contributed by atoms with Crippen molar-refractivity contribution in [2.75, 3.05) is 18.0 Å². The summed E-state index contributed by atoms with van der Waals surface area (Å²) < 4.78 is 1.88. The third kappa shape index (κ3) is 2.40. The fourth-order valence-corrected chi connectivity index (χ4v) is 2.63. The minimum Gasteiger partial charge on any atom is -0.350 e. The van der Waals surface area contributed by atoms with Gasteiger partial charge in [0.2, 0.25) is 0 Å². The number of benzene rings is 1. The standard InChI is InChI=1S/C16H13N7/c17-8-14-16(19-7-6-18-14)22-9-13(10-22)23-11-15(20-21-23)12-4-2-1-3-5-12/h1-7,11,13H,9-10H2. The van der Waals surface area contributed by atoms with Crippen LogP contribution in [0.2, 0.25) is 0 Å². The molecule has 7 heteroatoms. The van der Waals surface area contributed by atoms with Crippen molar-refractivity contribution < 1.29 is 0 Å². The van der Waals surface area contributed by atoms with Gasteiger partial charge in [-0.1, -0.05) is 35.5 Å². The molecule has 112 valence electrons. The number of nitrogens with zero attached hydrogens (tertiary/aromatic N) is 7. The van der Waals surface area contributed by atoms with Gasteiger partial charge in [-0.05, 0) is 0 Å². The first-order valence-electron chi connectivity index (χ1n) is 7.28. The first kappa shape index (κ1) is 13.4. The van der Waals surface area contributed by atoms with Gasteiger partial charge in [-0.15, -0.1) is 5.10 Å². The van der Waals surface area contributed by atoms with E-state index in [0.717, 1.165) is 24.3 Å². The van der Waals surface area contributed by atoms with Crippen LogP contribution in [-0.4, -0.2) is 38.1 Å². The second-order valence-electron chi connectivity index (χ2n) is 5.35. The summed E-state index contributed by atoms with van der Waals surface area (Å²) in [5.74, 6) is 0.634. The summed E-state index contributed by atoms with van der Waals surface area (Å²) in [4.78, 5) is 10.3. The van der Waals surface area contributed by atoms with Crippen LogP contribution in [0.5, 0.6) is 0 Å². The lowest BCUT2D eigenvalue weighted by Gasteiger charge is -2.39. The summed E-state index contributed by atoms with van der Waals surface area (Å²) in [6.45, 7) is 1.48. The average molecular weight is 303 g/mol. The SMILES string of the molecule is N#Cc1nccnc1N1CC(n2cc(-c3ccccc3)nn2)C1. The predicted octanol–water partition coefficient (Wildman–Crippen LogP) is 1.67. The lowest BCUT2D eigenvalue weighted by molar-refractivity contribution is 0.358. The van der Waals surface area contributed by atoms with E-state index in [4.69, 9.17) is 5.26 Å². The summed E-state index contributed by atoms with van der Waals surface area (Å²) in [6.07, 6.45) is 5.09. The van der Waals surface area contributed by atoms with Gasteiger partial charge in [-0.2, -0.15) is 5.26 Å². The van der Waals surface area contributed by atoms with Crippen LogP contribution >= 0.6 is 0 Å². The maximum Gasteiger partial charge on any atom is 0.183 e. The van der Waals surface area contributed by atoms with E-state index in [1.807, 2.05) is 46.1 Å². The van der Waals surface area contributed by atoms with Crippen LogP contribution in [0.15, 0.2) is 48.9 Å². The van der Waals surface area contributed by atoms with Gasteiger partial charge in [0.05, 0.1) is 12.2 Å². The van der Waals surface area contributed by atoms with Gasteiger partial charge < -0.3 is 4.90 Å². The normalized spacial score (nSPS) is 14.3. The molecule has 1 aliphatic heterocycles. The van der Waals surface area contributed by atoms with Crippen LogP contribution in [0, 0.1) is 11.3 Å². The maximum absolute atomic E-state index is 9.09. The van der Waals surface area contributed by atoms with Crippen molar-refractivity contribution >= 4 is 5.82 Å². The third-order valence-electron chi connectivity index (χ3n) is 3.90. The Labute approximate surface area is 132 Å². The highest BCUT2D eigenvalue weighted by Gasteiger charge is 2.32. The van der Waals surface area contributed by atoms with Gasteiger partial charge >= 0.3 is 0 Å². The monoisotopic (exact) mass is 303 g/mol. The van der Waals surface area contributed by atoms with E-state index in [0.29, 0.717) is 11.5 Å². The molecule has 0 amide bonds. The Bertz CT molecular complexity index is 859. The average Bonchev–Trinajstić information content (AvgIpc) is 3.04. The van der Waals surface area contributed by atoms with Gasteiger partial charge in [-0.25, -0.2) is 14.6 Å². The van der Waals surface area contributed by atoms with Gasteiger partial charge in [0.1, 0.15) is 11.8 Å². The van der Waals surface area contributed by atoms with Crippen molar-refractivity contribution in [3.8, 4) is 17.3 Å². The topological polar surface area (TPSA) is 83.5 Å². The minimum atomic E-state index is 0.230. The molecule has 0 saturated carbocycles. The maximum atomic E-state index is 9.09. The molecule has 0 unspecified atom stereocenters. The molecule has 0 bridgehead atoms. The fraction of sp³-hybridized carbons (Fsp3) is 0.188. The number of anilines is 1. The van der Waals surface area contributed by atoms with Crippen molar-refractivity contribution in [2.45, 2.75) is 6.04 Å². The smallest absolute Gasteiger partial charge is 0.183 e. The summed E-state index contributed by atoms with van der Waals surface area (Å²) >= 11 is 0. The number of hydrogen-bond donors (Lipinski definition) is 0. The molecule has 3 aromatic rings.